The van der Waals surface area contributed by atoms with E-state index in [1.807, 2.05) is 6.92 Å². The number of aliphatic hydroxyl groups excluding tert-OH is 1. The molecule has 0 aromatic rings. The van der Waals surface area contributed by atoms with Gasteiger partial charge in [-0.1, -0.05) is 34.6 Å². The van der Waals surface area contributed by atoms with Crippen molar-refractivity contribution in [1.29, 1.82) is 0 Å². The zero-order chi connectivity index (χ0) is 26.2. The molecule has 4 aliphatic rings. The molecule has 0 bridgehead atoms. The summed E-state index contributed by atoms with van der Waals surface area (Å²) in [5.74, 6) is 1.21. The molecule has 35 heavy (non-hydrogen) atoms. The van der Waals surface area contributed by atoms with Crippen molar-refractivity contribution < 1.29 is 19.7 Å². The number of ketones is 1. The molecule has 9 atom stereocenters. The van der Waals surface area contributed by atoms with Gasteiger partial charge in [0.2, 0.25) is 0 Å². The number of rotatable bonds is 6. The normalized spacial score (nSPS) is 46.9. The van der Waals surface area contributed by atoms with Gasteiger partial charge in [-0.3, -0.25) is 4.79 Å². The Morgan fingerprint density at radius 3 is 2.17 bits per heavy atom. The molecule has 4 heteroatoms. The molecule has 0 unspecified atom stereocenters. The molecule has 0 amide bonds. The molecule has 0 aliphatic heterocycles. The maximum atomic E-state index is 14.1. The van der Waals surface area contributed by atoms with E-state index >= 15 is 0 Å². The highest BCUT2D eigenvalue weighted by molar-refractivity contribution is 5.84. The van der Waals surface area contributed by atoms with Gasteiger partial charge in [0.1, 0.15) is 5.78 Å². The van der Waals surface area contributed by atoms with E-state index in [4.69, 9.17) is 4.74 Å². The van der Waals surface area contributed by atoms with Crippen LogP contribution < -0.4 is 0 Å². The summed E-state index contributed by atoms with van der Waals surface area (Å²) in [7, 11) is 1.75. The number of methoxy groups -OCH3 is 1. The molecule has 2 N–H and O–H groups in total. The van der Waals surface area contributed by atoms with Crippen LogP contribution in [0.1, 0.15) is 120 Å². The zero-order valence-electron chi connectivity index (χ0n) is 24.2. The van der Waals surface area contributed by atoms with Crippen LogP contribution in [0.15, 0.2) is 0 Å². The van der Waals surface area contributed by atoms with Gasteiger partial charge in [0.05, 0.1) is 17.3 Å². The summed E-state index contributed by atoms with van der Waals surface area (Å²) >= 11 is 0. The molecule has 4 rings (SSSR count). The lowest BCUT2D eigenvalue weighted by Crippen LogP contribution is -2.65. The number of carbonyl (C=O) groups is 1. The number of Topliss-reactive ketones (excluding diaryl/α,β-unsaturated/α-hetero) is 1. The first-order valence-electron chi connectivity index (χ1n) is 14.4. The van der Waals surface area contributed by atoms with Gasteiger partial charge in [-0.15, -0.1) is 0 Å². The van der Waals surface area contributed by atoms with Crippen LogP contribution in [0.25, 0.3) is 0 Å². The summed E-state index contributed by atoms with van der Waals surface area (Å²) in [6.45, 7) is 18.0. The number of hydrogen-bond donors (Lipinski definition) is 2. The molecule has 0 radical (unpaired) electrons. The van der Waals surface area contributed by atoms with Crippen LogP contribution in [-0.2, 0) is 9.53 Å². The van der Waals surface area contributed by atoms with Crippen molar-refractivity contribution in [2.75, 3.05) is 7.11 Å². The van der Waals surface area contributed by atoms with Crippen molar-refractivity contribution in [2.45, 2.75) is 137 Å². The van der Waals surface area contributed by atoms with Crippen molar-refractivity contribution in [3.63, 3.8) is 0 Å². The number of hydrogen-bond acceptors (Lipinski definition) is 4. The lowest BCUT2D eigenvalue weighted by atomic mass is 9.35. The maximum absolute atomic E-state index is 14.1. The predicted molar refractivity (Wildman–Crippen MR) is 141 cm³/mol. The fraction of sp³-hybridized carbons (Fsp3) is 0.968. The van der Waals surface area contributed by atoms with Crippen LogP contribution in [0.4, 0.5) is 0 Å². The molecule has 4 aliphatic carbocycles. The van der Waals surface area contributed by atoms with Gasteiger partial charge >= 0.3 is 0 Å². The first-order chi connectivity index (χ1) is 16.0. The number of ether oxygens (including phenoxy) is 1. The topological polar surface area (TPSA) is 66.8 Å². The smallest absolute Gasteiger partial charge is 0.137 e. The average molecular weight is 491 g/mol. The third-order valence-corrected chi connectivity index (χ3v) is 13.0. The quantitative estimate of drug-likeness (QED) is 0.442. The third kappa shape index (κ3) is 3.98. The van der Waals surface area contributed by atoms with Crippen molar-refractivity contribution in [3.05, 3.63) is 0 Å². The molecule has 4 saturated carbocycles. The molecule has 0 saturated heterocycles. The highest BCUT2D eigenvalue weighted by Crippen LogP contribution is 2.75. The van der Waals surface area contributed by atoms with Crippen LogP contribution >= 0.6 is 0 Å². The lowest BCUT2D eigenvalue weighted by Gasteiger charge is -2.69. The van der Waals surface area contributed by atoms with Gasteiger partial charge < -0.3 is 14.9 Å². The van der Waals surface area contributed by atoms with E-state index in [-0.39, 0.29) is 45.2 Å². The van der Waals surface area contributed by atoms with Gasteiger partial charge in [0.25, 0.3) is 0 Å². The van der Waals surface area contributed by atoms with Crippen molar-refractivity contribution in [3.8, 4) is 0 Å². The van der Waals surface area contributed by atoms with Gasteiger partial charge in [-0.05, 0) is 118 Å². The highest BCUT2D eigenvalue weighted by Gasteiger charge is 2.71. The summed E-state index contributed by atoms with van der Waals surface area (Å²) in [4.78, 5) is 14.1. The Kier molecular flexibility index (Phi) is 6.72. The molecule has 0 spiro atoms. The Balaban J connectivity index is 1.61. The molecular weight excluding hydrogens is 436 g/mol. The van der Waals surface area contributed by atoms with Crippen LogP contribution in [-0.4, -0.2) is 40.4 Å². The molecule has 202 valence electrons. The van der Waals surface area contributed by atoms with E-state index in [0.717, 1.165) is 57.8 Å². The van der Waals surface area contributed by atoms with Crippen LogP contribution in [0.3, 0.4) is 0 Å². The summed E-state index contributed by atoms with van der Waals surface area (Å²) in [5, 5.41) is 22.6. The zero-order valence-corrected chi connectivity index (χ0v) is 24.2. The Labute approximate surface area is 215 Å². The SMILES string of the molecule is COC(C)(C)CCC[C@@](C)(O)[C@H]1CC[C@]2(C)[C@@H]1C(=O)C[C@@H]1[C@@]3(C)CC[C@H](O)C(C)(C)[C@@H]3CC[C@]12C. The minimum absolute atomic E-state index is 0.0404. The van der Waals surface area contributed by atoms with Crippen molar-refractivity contribution in [1.82, 2.24) is 0 Å². The van der Waals surface area contributed by atoms with E-state index in [2.05, 4.69) is 48.5 Å². The van der Waals surface area contributed by atoms with E-state index < -0.39 is 5.60 Å². The second-order valence-electron chi connectivity index (χ2n) is 15.3. The minimum Gasteiger partial charge on any atom is -0.393 e. The molecule has 4 nitrogen and oxygen atoms in total. The Morgan fingerprint density at radius 1 is 0.914 bits per heavy atom. The second kappa shape index (κ2) is 8.53. The fourth-order valence-electron chi connectivity index (χ4n) is 10.3. The lowest BCUT2D eigenvalue weighted by molar-refractivity contribution is -0.221. The highest BCUT2D eigenvalue weighted by atomic mass is 16.5. The van der Waals surface area contributed by atoms with Crippen LogP contribution in [0, 0.1) is 45.3 Å². The summed E-state index contributed by atoms with van der Waals surface area (Å²) in [6, 6.07) is 0. The van der Waals surface area contributed by atoms with Crippen LogP contribution in [0.2, 0.25) is 0 Å². The van der Waals surface area contributed by atoms with E-state index in [0.29, 0.717) is 24.0 Å². The van der Waals surface area contributed by atoms with E-state index in [9.17, 15) is 15.0 Å². The van der Waals surface area contributed by atoms with E-state index in [1.54, 1.807) is 7.11 Å². The average Bonchev–Trinajstić information content (AvgIpc) is 3.14. The number of aliphatic hydroxyl groups is 2. The maximum Gasteiger partial charge on any atom is 0.137 e. The third-order valence-electron chi connectivity index (χ3n) is 13.0. The van der Waals surface area contributed by atoms with Gasteiger partial charge in [0.15, 0.2) is 0 Å². The molecule has 0 aromatic heterocycles. The molecule has 4 fully saturated rings. The van der Waals surface area contributed by atoms with Gasteiger partial charge in [-0.2, -0.15) is 0 Å². The number of fused-ring (bicyclic) bond motifs is 5. The summed E-state index contributed by atoms with van der Waals surface area (Å²) in [6.07, 6.45) is 9.04. The van der Waals surface area contributed by atoms with Crippen molar-refractivity contribution in [2.24, 2.45) is 45.3 Å². The van der Waals surface area contributed by atoms with E-state index in [1.165, 1.54) is 0 Å². The second-order valence-corrected chi connectivity index (χ2v) is 15.3. The summed E-state index contributed by atoms with van der Waals surface area (Å²) in [5.41, 5.74) is -1.00. The molecule has 0 heterocycles. The summed E-state index contributed by atoms with van der Waals surface area (Å²) < 4.78 is 5.59. The van der Waals surface area contributed by atoms with Crippen LogP contribution in [0.5, 0.6) is 0 Å². The Morgan fingerprint density at radius 2 is 1.54 bits per heavy atom. The Bertz CT molecular complexity index is 830. The largest absolute Gasteiger partial charge is 0.393 e. The predicted octanol–water partition coefficient (Wildman–Crippen LogP) is 6.56. The monoisotopic (exact) mass is 490 g/mol. The molecular formula is C31H54O4. The van der Waals surface area contributed by atoms with Gasteiger partial charge in [0, 0.05) is 19.4 Å². The Hall–Kier alpha value is -0.450. The standard InChI is InChI=1S/C31H54O4/c1-26(2,35-9)14-10-15-31(8,34)20-11-17-30(7)25(20)21(32)19-23-28(5)16-13-24(33)27(3,4)22(28)12-18-29(23,30)6/h20,22-25,33-34H,10-19H2,1-9H3/t20-,22-,23+,24-,25-,28-,29+,30+,31+/m0/s1. The number of carbonyl (C=O) groups excluding carboxylic acids is 1. The first kappa shape index (κ1) is 27.6. The first-order valence-corrected chi connectivity index (χ1v) is 14.4. The van der Waals surface area contributed by atoms with Crippen molar-refractivity contribution >= 4 is 5.78 Å². The minimum atomic E-state index is -0.830. The van der Waals surface area contributed by atoms with Gasteiger partial charge in [-0.25, -0.2) is 0 Å². The molecule has 0 aromatic carbocycles. The fourth-order valence-corrected chi connectivity index (χ4v) is 10.3.